The predicted octanol–water partition coefficient (Wildman–Crippen LogP) is 3.29. The average molecular weight is 277 g/mol. The highest BCUT2D eigenvalue weighted by Gasteiger charge is 2.28. The molecule has 0 radical (unpaired) electrons. The molecule has 2 N–H and O–H groups in total. The van der Waals surface area contributed by atoms with E-state index in [-0.39, 0.29) is 15.6 Å². The fourth-order valence-corrected chi connectivity index (χ4v) is 4.32. The van der Waals surface area contributed by atoms with Gasteiger partial charge in [-0.2, -0.15) is 0 Å². The third-order valence-corrected chi connectivity index (χ3v) is 5.56. The number of hydrogen-bond acceptors (Lipinski definition) is 3. The monoisotopic (exact) mass is 277 g/mol. The molecule has 0 amide bonds. The Morgan fingerprint density at radius 3 is 2.63 bits per heavy atom. The molecule has 0 saturated carbocycles. The summed E-state index contributed by atoms with van der Waals surface area (Å²) in [6.45, 7) is 0. The Kier molecular flexibility index (Phi) is 2.86. The van der Waals surface area contributed by atoms with E-state index in [1.54, 1.807) is 6.07 Å². The number of aromatic amines is 1. The third-order valence-electron chi connectivity index (χ3n) is 3.55. The van der Waals surface area contributed by atoms with Gasteiger partial charge < -0.3 is 10.1 Å². The molecule has 100 valence electrons. The van der Waals surface area contributed by atoms with E-state index in [9.17, 15) is 13.5 Å². The Balaban J connectivity index is 2.20. The van der Waals surface area contributed by atoms with Gasteiger partial charge in [-0.3, -0.25) is 0 Å². The van der Waals surface area contributed by atoms with Crippen LogP contribution >= 0.6 is 0 Å². The molecule has 1 aromatic heterocycles. The summed E-state index contributed by atoms with van der Waals surface area (Å²) in [6, 6.07) is 7.28. The second kappa shape index (κ2) is 4.42. The molecule has 5 heteroatoms. The van der Waals surface area contributed by atoms with E-state index in [2.05, 4.69) is 4.98 Å². The van der Waals surface area contributed by atoms with Crippen molar-refractivity contribution in [1.29, 1.82) is 0 Å². The van der Waals surface area contributed by atoms with Crippen molar-refractivity contribution in [2.45, 2.75) is 30.6 Å². The van der Waals surface area contributed by atoms with Crippen molar-refractivity contribution < 1.29 is 13.5 Å². The van der Waals surface area contributed by atoms with Gasteiger partial charge in [0, 0.05) is 23.5 Å². The summed E-state index contributed by atoms with van der Waals surface area (Å²) in [5.74, 6) is 0.0246. The van der Waals surface area contributed by atoms with E-state index < -0.39 is 9.84 Å². The number of allylic oxidation sites excluding steroid dienone is 2. The van der Waals surface area contributed by atoms with Crippen molar-refractivity contribution in [3.05, 3.63) is 41.1 Å². The first-order valence-electron chi connectivity index (χ1n) is 6.33. The highest BCUT2D eigenvalue weighted by molar-refractivity contribution is 7.95. The molecule has 1 heterocycles. The highest BCUT2D eigenvalue weighted by Crippen LogP contribution is 2.34. The molecule has 0 fully saturated rings. The van der Waals surface area contributed by atoms with Crippen LogP contribution in [0.5, 0.6) is 0 Å². The molecule has 0 saturated heterocycles. The SMILES string of the molecule is O=S(=O)(C1=C(O)CCCC1)c1c[nH]c2ccccc12. The molecule has 0 atom stereocenters. The van der Waals surface area contributed by atoms with Crippen LogP contribution in [0.25, 0.3) is 10.9 Å². The van der Waals surface area contributed by atoms with Gasteiger partial charge in [0.25, 0.3) is 0 Å². The Morgan fingerprint density at radius 1 is 1.11 bits per heavy atom. The summed E-state index contributed by atoms with van der Waals surface area (Å²) in [5, 5.41) is 10.5. The van der Waals surface area contributed by atoms with Crippen LogP contribution in [-0.2, 0) is 9.84 Å². The Bertz CT molecular complexity index is 756. The summed E-state index contributed by atoms with van der Waals surface area (Å²) in [7, 11) is -3.60. The average Bonchev–Trinajstić information content (AvgIpc) is 2.83. The van der Waals surface area contributed by atoms with Gasteiger partial charge in [-0.05, 0) is 25.3 Å². The zero-order chi connectivity index (χ0) is 13.5. The summed E-state index contributed by atoms with van der Waals surface area (Å²) in [6.07, 6.45) is 4.04. The van der Waals surface area contributed by atoms with Crippen molar-refractivity contribution in [3.8, 4) is 0 Å². The van der Waals surface area contributed by atoms with Gasteiger partial charge in [0.2, 0.25) is 9.84 Å². The fraction of sp³-hybridized carbons (Fsp3) is 0.286. The van der Waals surface area contributed by atoms with E-state index in [1.165, 1.54) is 6.20 Å². The summed E-state index contributed by atoms with van der Waals surface area (Å²) >= 11 is 0. The van der Waals surface area contributed by atoms with Crippen LogP contribution in [0.15, 0.2) is 46.0 Å². The largest absolute Gasteiger partial charge is 0.511 e. The van der Waals surface area contributed by atoms with Gasteiger partial charge in [-0.15, -0.1) is 0 Å². The maximum Gasteiger partial charge on any atom is 0.208 e. The first-order chi connectivity index (χ1) is 9.10. The van der Waals surface area contributed by atoms with Gasteiger partial charge >= 0.3 is 0 Å². The van der Waals surface area contributed by atoms with Crippen LogP contribution in [0.2, 0.25) is 0 Å². The molecule has 0 bridgehead atoms. The normalized spacial score (nSPS) is 17.1. The first-order valence-corrected chi connectivity index (χ1v) is 7.81. The number of hydrogen-bond donors (Lipinski definition) is 2. The second-order valence-electron chi connectivity index (χ2n) is 4.78. The van der Waals surface area contributed by atoms with Crippen LogP contribution in [0.1, 0.15) is 25.7 Å². The maximum atomic E-state index is 12.6. The number of benzene rings is 1. The van der Waals surface area contributed by atoms with Gasteiger partial charge in [-0.1, -0.05) is 18.2 Å². The molecular formula is C14H15NO3S. The molecule has 0 spiro atoms. The van der Waals surface area contributed by atoms with Crippen molar-refractivity contribution >= 4 is 20.7 Å². The van der Waals surface area contributed by atoms with Gasteiger partial charge in [0.1, 0.15) is 5.76 Å². The van der Waals surface area contributed by atoms with Crippen LogP contribution < -0.4 is 0 Å². The number of aromatic nitrogens is 1. The Morgan fingerprint density at radius 2 is 1.84 bits per heavy atom. The summed E-state index contributed by atoms with van der Waals surface area (Å²) < 4.78 is 25.3. The molecule has 1 aliphatic carbocycles. The number of fused-ring (bicyclic) bond motifs is 1. The summed E-state index contributed by atoms with van der Waals surface area (Å²) in [4.78, 5) is 3.40. The van der Waals surface area contributed by atoms with Gasteiger partial charge in [-0.25, -0.2) is 8.42 Å². The van der Waals surface area contributed by atoms with E-state index in [0.29, 0.717) is 18.2 Å². The number of nitrogens with one attached hydrogen (secondary N) is 1. The van der Waals surface area contributed by atoms with Crippen LogP contribution in [0, 0.1) is 0 Å². The number of rotatable bonds is 2. The number of H-pyrrole nitrogens is 1. The summed E-state index contributed by atoms with van der Waals surface area (Å²) in [5.41, 5.74) is 0.789. The first kappa shape index (κ1) is 12.3. The van der Waals surface area contributed by atoms with Crippen LogP contribution in [-0.4, -0.2) is 18.5 Å². The molecule has 19 heavy (non-hydrogen) atoms. The molecule has 3 rings (SSSR count). The second-order valence-corrected chi connectivity index (χ2v) is 6.72. The molecule has 0 unspecified atom stereocenters. The van der Waals surface area contributed by atoms with Crippen molar-refractivity contribution in [1.82, 2.24) is 4.98 Å². The van der Waals surface area contributed by atoms with Crippen molar-refractivity contribution in [3.63, 3.8) is 0 Å². The van der Waals surface area contributed by atoms with Crippen LogP contribution in [0.4, 0.5) is 0 Å². The lowest BCUT2D eigenvalue weighted by Crippen LogP contribution is -2.11. The maximum absolute atomic E-state index is 12.6. The smallest absolute Gasteiger partial charge is 0.208 e. The zero-order valence-electron chi connectivity index (χ0n) is 10.4. The van der Waals surface area contributed by atoms with Crippen molar-refractivity contribution in [2.24, 2.45) is 0 Å². The molecule has 1 aliphatic rings. The van der Waals surface area contributed by atoms with E-state index in [0.717, 1.165) is 18.4 Å². The van der Waals surface area contributed by atoms with E-state index in [1.807, 2.05) is 18.2 Å². The quantitative estimate of drug-likeness (QED) is 0.885. The minimum Gasteiger partial charge on any atom is -0.511 e. The highest BCUT2D eigenvalue weighted by atomic mass is 32.2. The van der Waals surface area contributed by atoms with Gasteiger partial charge in [0.15, 0.2) is 0 Å². The third kappa shape index (κ3) is 1.94. The van der Waals surface area contributed by atoms with Crippen LogP contribution in [0.3, 0.4) is 0 Å². The lowest BCUT2D eigenvalue weighted by atomic mass is 10.1. The number of aliphatic hydroxyl groups is 1. The van der Waals surface area contributed by atoms with E-state index in [4.69, 9.17) is 0 Å². The lowest BCUT2D eigenvalue weighted by molar-refractivity contribution is 0.364. The molecule has 1 aromatic carbocycles. The Hall–Kier alpha value is -1.75. The standard InChI is InChI=1S/C14H15NO3S/c16-12-7-3-4-8-13(12)19(17,18)14-9-15-11-6-2-1-5-10(11)14/h1-2,5-6,9,15-16H,3-4,7-8H2. The number of sulfone groups is 1. The lowest BCUT2D eigenvalue weighted by Gasteiger charge is -2.15. The molecule has 0 aliphatic heterocycles. The Labute approximate surface area is 111 Å². The molecule has 2 aromatic rings. The molecular weight excluding hydrogens is 262 g/mol. The zero-order valence-corrected chi connectivity index (χ0v) is 11.2. The topological polar surface area (TPSA) is 70.2 Å². The van der Waals surface area contributed by atoms with Crippen molar-refractivity contribution in [2.75, 3.05) is 0 Å². The predicted molar refractivity (Wildman–Crippen MR) is 73.6 cm³/mol. The number of aliphatic hydroxyl groups excluding tert-OH is 1. The fourth-order valence-electron chi connectivity index (χ4n) is 2.55. The number of para-hydroxylation sites is 1. The minimum atomic E-state index is -3.60. The minimum absolute atomic E-state index is 0.0246. The van der Waals surface area contributed by atoms with E-state index >= 15 is 0 Å². The molecule has 4 nitrogen and oxygen atoms in total. The van der Waals surface area contributed by atoms with Gasteiger partial charge in [0.05, 0.1) is 9.80 Å².